The molecular formula is C27H26N4O3S. The van der Waals surface area contributed by atoms with Crippen LogP contribution in [0.1, 0.15) is 40.5 Å². The zero-order valence-corrected chi connectivity index (χ0v) is 20.3. The van der Waals surface area contributed by atoms with Crippen LogP contribution in [-0.4, -0.2) is 47.1 Å². The van der Waals surface area contributed by atoms with E-state index in [-0.39, 0.29) is 23.5 Å². The Hall–Kier alpha value is -3.52. The van der Waals surface area contributed by atoms with Crippen molar-refractivity contribution >= 4 is 32.5 Å². The summed E-state index contributed by atoms with van der Waals surface area (Å²) in [7, 11) is -3.11. The summed E-state index contributed by atoms with van der Waals surface area (Å²) in [4.78, 5) is 20.9. The summed E-state index contributed by atoms with van der Waals surface area (Å²) in [5.41, 5.74) is 5.49. The van der Waals surface area contributed by atoms with Crippen LogP contribution < -0.4 is 4.90 Å². The summed E-state index contributed by atoms with van der Waals surface area (Å²) in [5, 5.41) is 5.42. The van der Waals surface area contributed by atoms with Crippen molar-refractivity contribution in [1.29, 1.82) is 0 Å². The van der Waals surface area contributed by atoms with E-state index >= 15 is 0 Å². The van der Waals surface area contributed by atoms with Gasteiger partial charge >= 0.3 is 0 Å². The Labute approximate surface area is 204 Å². The first-order valence-electron chi connectivity index (χ1n) is 12.0. The molecule has 7 nitrogen and oxygen atoms in total. The Morgan fingerprint density at radius 3 is 2.60 bits per heavy atom. The highest BCUT2D eigenvalue weighted by Crippen LogP contribution is 2.34. The van der Waals surface area contributed by atoms with Crippen molar-refractivity contribution in [3.63, 3.8) is 0 Å². The molecule has 0 spiro atoms. The normalized spacial score (nSPS) is 19.1. The van der Waals surface area contributed by atoms with Gasteiger partial charge in [0.05, 0.1) is 39.9 Å². The molecule has 1 atom stereocenters. The highest BCUT2D eigenvalue weighted by molar-refractivity contribution is 7.91. The summed E-state index contributed by atoms with van der Waals surface area (Å²) < 4.78 is 26.2. The average molecular weight is 487 g/mol. The first-order chi connectivity index (χ1) is 16.9. The molecule has 0 saturated carbocycles. The molecule has 4 aromatic rings. The van der Waals surface area contributed by atoms with E-state index in [9.17, 15) is 13.2 Å². The van der Waals surface area contributed by atoms with E-state index in [1.807, 2.05) is 66.4 Å². The number of hydrogen-bond donors (Lipinski definition) is 0. The van der Waals surface area contributed by atoms with Crippen molar-refractivity contribution in [3.05, 3.63) is 77.5 Å². The summed E-state index contributed by atoms with van der Waals surface area (Å²) >= 11 is 0. The van der Waals surface area contributed by atoms with Gasteiger partial charge in [0, 0.05) is 17.8 Å². The lowest BCUT2D eigenvalue weighted by atomic mass is 9.99. The van der Waals surface area contributed by atoms with Crippen molar-refractivity contribution in [2.45, 2.75) is 32.2 Å². The predicted molar refractivity (Wildman–Crippen MR) is 136 cm³/mol. The minimum Gasteiger partial charge on any atom is -0.308 e. The van der Waals surface area contributed by atoms with Gasteiger partial charge in [-0.2, -0.15) is 5.10 Å². The van der Waals surface area contributed by atoms with E-state index in [2.05, 4.69) is 6.07 Å². The van der Waals surface area contributed by atoms with Crippen molar-refractivity contribution < 1.29 is 13.2 Å². The van der Waals surface area contributed by atoms with Crippen molar-refractivity contribution in [3.8, 4) is 11.3 Å². The van der Waals surface area contributed by atoms with Gasteiger partial charge in [-0.3, -0.25) is 4.79 Å². The average Bonchev–Trinajstić information content (AvgIpc) is 3.41. The zero-order chi connectivity index (χ0) is 24.2. The molecule has 2 aliphatic heterocycles. The second-order valence-corrected chi connectivity index (χ2v) is 11.6. The number of sulfone groups is 1. The number of aromatic nitrogens is 3. The van der Waals surface area contributed by atoms with Gasteiger partial charge in [0.1, 0.15) is 0 Å². The number of aryl methyl sites for hydroxylation is 2. The number of carbonyl (C=O) groups is 1. The number of para-hydroxylation sites is 1. The number of amides is 1. The molecule has 1 amide bonds. The quantitative estimate of drug-likeness (QED) is 0.430. The van der Waals surface area contributed by atoms with E-state index in [0.29, 0.717) is 41.0 Å². The van der Waals surface area contributed by atoms with Gasteiger partial charge in [-0.15, -0.1) is 0 Å². The van der Waals surface area contributed by atoms with Crippen LogP contribution in [-0.2, 0) is 16.3 Å². The fourth-order valence-corrected chi connectivity index (χ4v) is 7.04. The lowest BCUT2D eigenvalue weighted by molar-refractivity contribution is 0.0986. The first-order valence-corrected chi connectivity index (χ1v) is 13.8. The number of carbonyl (C=O) groups excluding carboxylic acids is 1. The minimum absolute atomic E-state index is 0.0449. The molecular weight excluding hydrogens is 460 g/mol. The van der Waals surface area contributed by atoms with Crippen LogP contribution >= 0.6 is 0 Å². The fourth-order valence-electron chi connectivity index (χ4n) is 5.35. The number of anilines is 1. The Balaban J connectivity index is 1.56. The summed E-state index contributed by atoms with van der Waals surface area (Å²) in [6.45, 7) is 2.52. The molecule has 2 aliphatic rings. The molecule has 2 aromatic heterocycles. The SMILES string of the molecule is Cc1nn(C2CCS(=O)(=O)C2)c2nc(-c3ccccc3)cc(C(=O)N3CCCc4ccccc43)c12. The van der Waals surface area contributed by atoms with E-state index in [1.165, 1.54) is 5.56 Å². The number of hydrogen-bond acceptors (Lipinski definition) is 5. The Morgan fingerprint density at radius 1 is 1.06 bits per heavy atom. The van der Waals surface area contributed by atoms with E-state index in [4.69, 9.17) is 10.1 Å². The second-order valence-electron chi connectivity index (χ2n) is 9.40. The molecule has 0 radical (unpaired) electrons. The molecule has 35 heavy (non-hydrogen) atoms. The third-order valence-electron chi connectivity index (χ3n) is 7.05. The predicted octanol–water partition coefficient (Wildman–Crippen LogP) is 4.36. The number of rotatable bonds is 3. The van der Waals surface area contributed by atoms with E-state index in [1.54, 1.807) is 4.68 Å². The van der Waals surface area contributed by atoms with Gasteiger partial charge in [-0.1, -0.05) is 48.5 Å². The van der Waals surface area contributed by atoms with E-state index < -0.39 is 9.84 Å². The first kappa shape index (κ1) is 22.0. The maximum atomic E-state index is 14.1. The van der Waals surface area contributed by atoms with Gasteiger partial charge < -0.3 is 4.90 Å². The molecule has 1 saturated heterocycles. The van der Waals surface area contributed by atoms with Gasteiger partial charge in [0.15, 0.2) is 15.5 Å². The summed E-state index contributed by atoms with van der Waals surface area (Å²) in [6.07, 6.45) is 2.35. The third kappa shape index (κ3) is 3.82. The van der Waals surface area contributed by atoms with Gasteiger partial charge in [-0.05, 0) is 43.9 Å². The van der Waals surface area contributed by atoms with Crippen LogP contribution in [0.2, 0.25) is 0 Å². The molecule has 6 rings (SSSR count). The fraction of sp³-hybridized carbons (Fsp3) is 0.296. The number of pyridine rings is 1. The van der Waals surface area contributed by atoms with Crippen molar-refractivity contribution in [2.75, 3.05) is 23.0 Å². The minimum atomic E-state index is -3.11. The summed E-state index contributed by atoms with van der Waals surface area (Å²) in [6, 6.07) is 19.4. The van der Waals surface area contributed by atoms with Crippen molar-refractivity contribution in [2.24, 2.45) is 0 Å². The van der Waals surface area contributed by atoms with Gasteiger partial charge in [0.25, 0.3) is 5.91 Å². The molecule has 2 aromatic carbocycles. The third-order valence-corrected chi connectivity index (χ3v) is 8.80. The number of fused-ring (bicyclic) bond motifs is 2. The molecule has 0 aliphatic carbocycles. The van der Waals surface area contributed by atoms with Crippen LogP contribution in [0.15, 0.2) is 60.7 Å². The summed E-state index contributed by atoms with van der Waals surface area (Å²) in [5.74, 6) is 0.110. The van der Waals surface area contributed by atoms with Crippen molar-refractivity contribution in [1.82, 2.24) is 14.8 Å². The van der Waals surface area contributed by atoms with Crippen LogP contribution in [0.25, 0.3) is 22.3 Å². The van der Waals surface area contributed by atoms with Crippen LogP contribution in [0.5, 0.6) is 0 Å². The Kier molecular flexibility index (Phi) is 5.21. The molecule has 1 fully saturated rings. The maximum absolute atomic E-state index is 14.1. The standard InChI is InChI=1S/C27H26N4O3S/c1-18-25-22(27(32)30-14-7-11-20-10-5-6-12-24(20)30)16-23(19-8-3-2-4-9-19)28-26(25)31(29-18)21-13-15-35(33,34)17-21/h2-6,8-10,12,16,21H,7,11,13-15,17H2,1H3. The highest BCUT2D eigenvalue weighted by Gasteiger charge is 2.33. The monoisotopic (exact) mass is 486 g/mol. The topological polar surface area (TPSA) is 85.2 Å². The molecule has 178 valence electrons. The molecule has 0 N–H and O–H groups in total. The van der Waals surface area contributed by atoms with Crippen LogP contribution in [0, 0.1) is 6.92 Å². The zero-order valence-electron chi connectivity index (χ0n) is 19.5. The Bertz CT molecular complexity index is 1560. The highest BCUT2D eigenvalue weighted by atomic mass is 32.2. The maximum Gasteiger partial charge on any atom is 0.259 e. The van der Waals surface area contributed by atoms with Gasteiger partial charge in [0.2, 0.25) is 0 Å². The largest absolute Gasteiger partial charge is 0.308 e. The lowest BCUT2D eigenvalue weighted by Gasteiger charge is -2.29. The number of benzene rings is 2. The molecule has 0 bridgehead atoms. The second kappa shape index (κ2) is 8.30. The van der Waals surface area contributed by atoms with Gasteiger partial charge in [-0.25, -0.2) is 18.1 Å². The molecule has 1 unspecified atom stereocenters. The molecule has 8 heteroatoms. The number of nitrogens with zero attached hydrogens (tertiary/aromatic N) is 4. The smallest absolute Gasteiger partial charge is 0.259 e. The van der Waals surface area contributed by atoms with E-state index in [0.717, 1.165) is 24.1 Å². The van der Waals surface area contributed by atoms with Crippen LogP contribution in [0.4, 0.5) is 5.69 Å². The van der Waals surface area contributed by atoms with Crippen LogP contribution in [0.3, 0.4) is 0 Å². The Morgan fingerprint density at radius 2 is 1.83 bits per heavy atom. The molecule has 4 heterocycles. The lowest BCUT2D eigenvalue weighted by Crippen LogP contribution is -2.35.